The first-order valence-corrected chi connectivity index (χ1v) is 8.87. The summed E-state index contributed by atoms with van der Waals surface area (Å²) in [5.74, 6) is 0. The molecule has 0 aliphatic carbocycles. The highest BCUT2D eigenvalue weighted by Gasteiger charge is 2.30. The molecule has 0 aromatic carbocycles. The maximum absolute atomic E-state index is 10.1. The van der Waals surface area contributed by atoms with Crippen LogP contribution < -0.4 is 0 Å². The maximum Gasteiger partial charge on any atom is 0.107 e. The highest BCUT2D eigenvalue weighted by molar-refractivity contribution is 4.78. The van der Waals surface area contributed by atoms with E-state index in [4.69, 9.17) is 28.4 Å². The normalized spacial score (nSPS) is 31.6. The molecule has 7 heteroatoms. The topological polar surface area (TPSA) is 75.6 Å². The molecule has 0 aromatic rings. The third-order valence-corrected chi connectivity index (χ3v) is 4.53. The van der Waals surface area contributed by atoms with E-state index in [1.54, 1.807) is 14.2 Å². The fourth-order valence-electron chi connectivity index (χ4n) is 3.13. The summed E-state index contributed by atoms with van der Waals surface area (Å²) in [5.41, 5.74) is 0. The van der Waals surface area contributed by atoms with Crippen molar-refractivity contribution in [3.05, 3.63) is 0 Å². The van der Waals surface area contributed by atoms with Gasteiger partial charge in [-0.15, -0.1) is 0 Å². The molecule has 2 saturated heterocycles. The van der Waals surface area contributed by atoms with Gasteiger partial charge in [0.1, 0.15) is 12.2 Å². The third kappa shape index (κ3) is 6.55. The van der Waals surface area contributed by atoms with E-state index in [9.17, 15) is 5.11 Å². The SMILES string of the molecule is COC[C@H]1OCCC1OCCC(O)CCOC1CCO[C@@H]1COC. The van der Waals surface area contributed by atoms with E-state index in [0.717, 1.165) is 12.8 Å². The van der Waals surface area contributed by atoms with Crippen LogP contribution in [0.4, 0.5) is 0 Å². The average molecular weight is 348 g/mol. The van der Waals surface area contributed by atoms with Gasteiger partial charge >= 0.3 is 0 Å². The molecule has 4 atom stereocenters. The fourth-order valence-corrected chi connectivity index (χ4v) is 3.13. The summed E-state index contributed by atoms with van der Waals surface area (Å²) < 4.78 is 33.0. The van der Waals surface area contributed by atoms with Gasteiger partial charge in [0.15, 0.2) is 0 Å². The molecule has 2 aliphatic heterocycles. The van der Waals surface area contributed by atoms with Gasteiger partial charge in [0.2, 0.25) is 0 Å². The molecule has 0 bridgehead atoms. The summed E-state index contributed by atoms with van der Waals surface area (Å²) in [6, 6.07) is 0. The second-order valence-electron chi connectivity index (χ2n) is 6.36. The highest BCUT2D eigenvalue weighted by Crippen LogP contribution is 2.19. The molecule has 0 saturated carbocycles. The van der Waals surface area contributed by atoms with Gasteiger partial charge < -0.3 is 33.5 Å². The minimum Gasteiger partial charge on any atom is -0.393 e. The minimum absolute atomic E-state index is 0.00978. The summed E-state index contributed by atoms with van der Waals surface area (Å²) in [4.78, 5) is 0. The molecule has 2 rings (SSSR count). The quantitative estimate of drug-likeness (QED) is 0.558. The van der Waals surface area contributed by atoms with Crippen LogP contribution in [0, 0.1) is 0 Å². The van der Waals surface area contributed by atoms with Gasteiger partial charge in [0.05, 0.1) is 31.5 Å². The Kier molecular flexibility index (Phi) is 9.48. The first-order valence-electron chi connectivity index (χ1n) is 8.87. The number of rotatable bonds is 12. The molecule has 2 aliphatic rings. The molecular formula is C17H32O7. The monoisotopic (exact) mass is 348 g/mol. The first kappa shape index (κ1) is 20.0. The lowest BCUT2D eigenvalue weighted by Gasteiger charge is -2.20. The lowest BCUT2D eigenvalue weighted by Crippen LogP contribution is -2.30. The van der Waals surface area contributed by atoms with Gasteiger partial charge in [-0.1, -0.05) is 0 Å². The molecule has 0 aromatic heterocycles. The zero-order valence-electron chi connectivity index (χ0n) is 14.9. The second-order valence-corrected chi connectivity index (χ2v) is 6.36. The first-order chi connectivity index (χ1) is 11.7. The van der Waals surface area contributed by atoms with Crippen LogP contribution >= 0.6 is 0 Å². The largest absolute Gasteiger partial charge is 0.393 e. The Balaban J connectivity index is 1.53. The standard InChI is InChI=1S/C17H32O7/c1-19-11-16-14(5-9-23-16)21-7-3-13(18)4-8-22-15-6-10-24-17(15)12-20-2/h13-18H,3-12H2,1-2H3/t13?,14?,15?,16-,17-/m1/s1. The summed E-state index contributed by atoms with van der Waals surface area (Å²) >= 11 is 0. The molecule has 2 fully saturated rings. The van der Waals surface area contributed by atoms with Crippen molar-refractivity contribution in [2.45, 2.75) is 56.2 Å². The maximum atomic E-state index is 10.1. The molecule has 142 valence electrons. The lowest BCUT2D eigenvalue weighted by atomic mass is 10.1. The van der Waals surface area contributed by atoms with Gasteiger partial charge in [0, 0.05) is 40.6 Å². The van der Waals surface area contributed by atoms with E-state index >= 15 is 0 Å². The van der Waals surface area contributed by atoms with Crippen molar-refractivity contribution in [2.24, 2.45) is 0 Å². The van der Waals surface area contributed by atoms with Gasteiger partial charge in [-0.2, -0.15) is 0 Å². The van der Waals surface area contributed by atoms with E-state index in [2.05, 4.69) is 0 Å². The zero-order valence-corrected chi connectivity index (χ0v) is 14.9. The number of hydrogen-bond acceptors (Lipinski definition) is 7. The van der Waals surface area contributed by atoms with Gasteiger partial charge in [-0.05, 0) is 25.7 Å². The van der Waals surface area contributed by atoms with Crippen LogP contribution in [0.5, 0.6) is 0 Å². The smallest absolute Gasteiger partial charge is 0.107 e. The van der Waals surface area contributed by atoms with Gasteiger partial charge in [-0.3, -0.25) is 0 Å². The van der Waals surface area contributed by atoms with Crippen molar-refractivity contribution in [3.8, 4) is 0 Å². The summed E-state index contributed by atoms with van der Waals surface area (Å²) in [6.45, 7) is 3.56. The average Bonchev–Trinajstić information content (AvgIpc) is 3.18. The molecule has 0 amide bonds. The summed E-state index contributed by atoms with van der Waals surface area (Å²) in [5, 5.41) is 10.1. The molecule has 0 spiro atoms. The van der Waals surface area contributed by atoms with Crippen molar-refractivity contribution in [1.82, 2.24) is 0 Å². The van der Waals surface area contributed by atoms with Crippen LogP contribution in [0.15, 0.2) is 0 Å². The molecule has 2 unspecified atom stereocenters. The molecule has 7 nitrogen and oxygen atoms in total. The second kappa shape index (κ2) is 11.4. The van der Waals surface area contributed by atoms with E-state index in [-0.39, 0.29) is 24.4 Å². The predicted octanol–water partition coefficient (Wildman–Crippen LogP) is 0.769. The van der Waals surface area contributed by atoms with Crippen molar-refractivity contribution in [2.75, 3.05) is 53.9 Å². The molecular weight excluding hydrogens is 316 g/mol. The Morgan fingerprint density at radius 1 is 0.875 bits per heavy atom. The Hall–Kier alpha value is -0.280. The zero-order chi connectivity index (χ0) is 17.2. The number of aliphatic hydroxyl groups is 1. The van der Waals surface area contributed by atoms with E-state index in [0.29, 0.717) is 52.5 Å². The Labute approximate surface area is 144 Å². The van der Waals surface area contributed by atoms with E-state index < -0.39 is 6.10 Å². The van der Waals surface area contributed by atoms with Crippen LogP contribution in [0.1, 0.15) is 25.7 Å². The van der Waals surface area contributed by atoms with E-state index in [1.165, 1.54) is 0 Å². The molecule has 24 heavy (non-hydrogen) atoms. The number of ether oxygens (including phenoxy) is 6. The number of hydrogen-bond donors (Lipinski definition) is 1. The highest BCUT2D eigenvalue weighted by atomic mass is 16.6. The fraction of sp³-hybridized carbons (Fsp3) is 1.00. The Morgan fingerprint density at radius 2 is 1.33 bits per heavy atom. The molecule has 2 heterocycles. The van der Waals surface area contributed by atoms with Gasteiger partial charge in [-0.25, -0.2) is 0 Å². The summed E-state index contributed by atoms with van der Waals surface area (Å²) in [6.07, 6.45) is 2.70. The lowest BCUT2D eigenvalue weighted by molar-refractivity contribution is -0.0574. The third-order valence-electron chi connectivity index (χ3n) is 4.53. The molecule has 1 N–H and O–H groups in total. The number of aliphatic hydroxyl groups excluding tert-OH is 1. The predicted molar refractivity (Wildman–Crippen MR) is 87.2 cm³/mol. The van der Waals surface area contributed by atoms with E-state index in [1.807, 2.05) is 0 Å². The van der Waals surface area contributed by atoms with Crippen LogP contribution in [0.25, 0.3) is 0 Å². The van der Waals surface area contributed by atoms with Gasteiger partial charge in [0.25, 0.3) is 0 Å². The van der Waals surface area contributed by atoms with Crippen LogP contribution in [-0.4, -0.2) is 89.5 Å². The Morgan fingerprint density at radius 3 is 1.75 bits per heavy atom. The van der Waals surface area contributed by atoms with Crippen molar-refractivity contribution in [1.29, 1.82) is 0 Å². The van der Waals surface area contributed by atoms with Crippen LogP contribution in [-0.2, 0) is 28.4 Å². The number of methoxy groups -OCH3 is 2. The van der Waals surface area contributed by atoms with Crippen LogP contribution in [0.3, 0.4) is 0 Å². The van der Waals surface area contributed by atoms with Crippen molar-refractivity contribution < 1.29 is 33.5 Å². The Bertz CT molecular complexity index is 298. The summed E-state index contributed by atoms with van der Waals surface area (Å²) in [7, 11) is 3.32. The van der Waals surface area contributed by atoms with Crippen molar-refractivity contribution >= 4 is 0 Å². The minimum atomic E-state index is -0.420. The van der Waals surface area contributed by atoms with Crippen molar-refractivity contribution in [3.63, 3.8) is 0 Å². The van der Waals surface area contributed by atoms with Crippen LogP contribution in [0.2, 0.25) is 0 Å². The molecule has 0 radical (unpaired) electrons.